The maximum atomic E-state index is 12.7. The highest BCUT2D eigenvalue weighted by molar-refractivity contribution is 5.41. The minimum Gasteiger partial charge on any atom is -0.330 e. The highest BCUT2D eigenvalue weighted by Gasteiger charge is 2.02. The zero-order valence-corrected chi connectivity index (χ0v) is 6.46. The zero-order valence-electron chi connectivity index (χ0n) is 6.46. The summed E-state index contributed by atoms with van der Waals surface area (Å²) in [6, 6.07) is 4.23. The van der Waals surface area contributed by atoms with Gasteiger partial charge in [-0.1, -0.05) is 6.07 Å². The summed E-state index contributed by atoms with van der Waals surface area (Å²) < 4.78 is 12.7. The van der Waals surface area contributed by atoms with E-state index in [-0.39, 0.29) is 5.69 Å². The molecule has 0 saturated carbocycles. The van der Waals surface area contributed by atoms with Crippen LogP contribution in [0.15, 0.2) is 23.4 Å². The molecule has 4 heteroatoms. The van der Waals surface area contributed by atoms with Crippen molar-refractivity contribution in [1.82, 2.24) is 0 Å². The maximum Gasteiger partial charge on any atom is 0.152 e. The standard InChI is InChI=1S/C8H9FN2O/c9-7-2-1-6(3-4-10)5-8(7)11-12/h1-2,5H,3-4,10H2. The van der Waals surface area contributed by atoms with Crippen LogP contribution in [-0.2, 0) is 6.42 Å². The molecule has 1 aromatic carbocycles. The van der Waals surface area contributed by atoms with Gasteiger partial charge in [0.05, 0.1) is 0 Å². The molecule has 0 aromatic heterocycles. The van der Waals surface area contributed by atoms with Crippen molar-refractivity contribution in [1.29, 1.82) is 0 Å². The van der Waals surface area contributed by atoms with Gasteiger partial charge in [0.25, 0.3) is 0 Å². The Kier molecular flexibility index (Phi) is 2.88. The SMILES string of the molecule is NCCc1ccc(F)c(N=O)c1. The van der Waals surface area contributed by atoms with Crippen LogP contribution in [0.3, 0.4) is 0 Å². The summed E-state index contributed by atoms with van der Waals surface area (Å²) in [5.74, 6) is -0.592. The molecule has 0 aliphatic rings. The Balaban J connectivity index is 2.96. The van der Waals surface area contributed by atoms with Crippen LogP contribution in [0.1, 0.15) is 5.56 Å². The number of rotatable bonds is 3. The van der Waals surface area contributed by atoms with E-state index in [1.165, 1.54) is 12.1 Å². The lowest BCUT2D eigenvalue weighted by Crippen LogP contribution is -2.02. The molecule has 3 nitrogen and oxygen atoms in total. The molecule has 0 aliphatic carbocycles. The lowest BCUT2D eigenvalue weighted by Gasteiger charge is -1.98. The predicted octanol–water partition coefficient (Wildman–Crippen LogP) is 1.72. The van der Waals surface area contributed by atoms with Crippen LogP contribution in [0.4, 0.5) is 10.1 Å². The molecule has 0 bridgehead atoms. The van der Waals surface area contributed by atoms with Gasteiger partial charge in [-0.05, 0) is 35.8 Å². The van der Waals surface area contributed by atoms with Gasteiger partial charge in [0, 0.05) is 0 Å². The predicted molar refractivity (Wildman–Crippen MR) is 44.6 cm³/mol. The highest BCUT2D eigenvalue weighted by atomic mass is 19.1. The molecule has 0 unspecified atom stereocenters. The van der Waals surface area contributed by atoms with E-state index in [4.69, 9.17) is 5.73 Å². The normalized spacial score (nSPS) is 9.83. The van der Waals surface area contributed by atoms with E-state index in [0.717, 1.165) is 5.56 Å². The van der Waals surface area contributed by atoms with Crippen molar-refractivity contribution in [2.24, 2.45) is 10.9 Å². The third-order valence-corrected chi connectivity index (χ3v) is 1.54. The maximum absolute atomic E-state index is 12.7. The van der Waals surface area contributed by atoms with Gasteiger partial charge in [-0.15, -0.1) is 4.91 Å². The highest BCUT2D eigenvalue weighted by Crippen LogP contribution is 2.18. The van der Waals surface area contributed by atoms with E-state index in [1.54, 1.807) is 6.07 Å². The van der Waals surface area contributed by atoms with Gasteiger partial charge in [0.1, 0.15) is 5.69 Å². The van der Waals surface area contributed by atoms with Crippen LogP contribution in [0, 0.1) is 10.7 Å². The largest absolute Gasteiger partial charge is 0.330 e. The van der Waals surface area contributed by atoms with Gasteiger partial charge in [-0.2, -0.15) is 0 Å². The molecule has 2 N–H and O–H groups in total. The topological polar surface area (TPSA) is 55.4 Å². The first-order valence-corrected chi connectivity index (χ1v) is 3.59. The molecule has 0 saturated heterocycles. The minimum absolute atomic E-state index is 0.152. The van der Waals surface area contributed by atoms with Crippen molar-refractivity contribution < 1.29 is 4.39 Å². The third-order valence-electron chi connectivity index (χ3n) is 1.54. The smallest absolute Gasteiger partial charge is 0.152 e. The van der Waals surface area contributed by atoms with Crippen molar-refractivity contribution in [2.45, 2.75) is 6.42 Å². The zero-order chi connectivity index (χ0) is 8.97. The summed E-state index contributed by atoms with van der Waals surface area (Å²) in [7, 11) is 0. The minimum atomic E-state index is -0.592. The van der Waals surface area contributed by atoms with Crippen molar-refractivity contribution in [3.8, 4) is 0 Å². The number of nitrogens with two attached hydrogens (primary N) is 1. The average molecular weight is 168 g/mol. The van der Waals surface area contributed by atoms with Crippen LogP contribution in [0.2, 0.25) is 0 Å². The first-order chi connectivity index (χ1) is 5.77. The van der Waals surface area contributed by atoms with E-state index < -0.39 is 5.82 Å². The second-order valence-electron chi connectivity index (χ2n) is 2.42. The van der Waals surface area contributed by atoms with E-state index in [9.17, 15) is 9.30 Å². The molecule has 0 aliphatic heterocycles. The second-order valence-corrected chi connectivity index (χ2v) is 2.42. The number of hydrogen-bond donors (Lipinski definition) is 1. The lowest BCUT2D eigenvalue weighted by atomic mass is 10.1. The van der Waals surface area contributed by atoms with Crippen molar-refractivity contribution in [2.75, 3.05) is 6.54 Å². The van der Waals surface area contributed by atoms with Crippen molar-refractivity contribution in [3.05, 3.63) is 34.5 Å². The summed E-state index contributed by atoms with van der Waals surface area (Å²) in [6.07, 6.45) is 0.628. The Morgan fingerprint density at radius 3 is 2.83 bits per heavy atom. The molecule has 1 aromatic rings. The van der Waals surface area contributed by atoms with E-state index >= 15 is 0 Å². The molecule has 64 valence electrons. The Morgan fingerprint density at radius 1 is 1.50 bits per heavy atom. The molecule has 0 spiro atoms. The van der Waals surface area contributed by atoms with Gasteiger partial charge in [0.15, 0.2) is 5.82 Å². The van der Waals surface area contributed by atoms with Gasteiger partial charge in [-0.25, -0.2) is 4.39 Å². The Bertz CT molecular complexity index is 288. The number of benzene rings is 1. The first kappa shape index (κ1) is 8.80. The monoisotopic (exact) mass is 168 g/mol. The van der Waals surface area contributed by atoms with Crippen LogP contribution in [-0.4, -0.2) is 6.54 Å². The molecular formula is C8H9FN2O. The fourth-order valence-corrected chi connectivity index (χ4v) is 0.950. The van der Waals surface area contributed by atoms with Gasteiger partial charge < -0.3 is 5.73 Å². The van der Waals surface area contributed by atoms with Gasteiger partial charge >= 0.3 is 0 Å². The lowest BCUT2D eigenvalue weighted by molar-refractivity contribution is 0.629. The van der Waals surface area contributed by atoms with Crippen LogP contribution in [0.25, 0.3) is 0 Å². The fourth-order valence-electron chi connectivity index (χ4n) is 0.950. The molecule has 0 amide bonds. The van der Waals surface area contributed by atoms with Crippen molar-refractivity contribution in [3.63, 3.8) is 0 Å². The number of halogens is 1. The molecule has 0 atom stereocenters. The Morgan fingerprint density at radius 2 is 2.25 bits per heavy atom. The Labute approximate surface area is 69.4 Å². The molecular weight excluding hydrogens is 159 g/mol. The summed E-state index contributed by atoms with van der Waals surface area (Å²) in [5, 5.41) is 2.55. The molecule has 0 radical (unpaired) electrons. The third kappa shape index (κ3) is 1.85. The quantitative estimate of drug-likeness (QED) is 0.698. The molecule has 0 fully saturated rings. The second kappa shape index (κ2) is 3.92. The van der Waals surface area contributed by atoms with Crippen LogP contribution in [0.5, 0.6) is 0 Å². The number of hydrogen-bond acceptors (Lipinski definition) is 3. The summed E-state index contributed by atoms with van der Waals surface area (Å²) in [4.78, 5) is 10.1. The van der Waals surface area contributed by atoms with E-state index in [2.05, 4.69) is 5.18 Å². The first-order valence-electron chi connectivity index (χ1n) is 3.59. The number of nitroso groups, excluding NO2 is 1. The van der Waals surface area contributed by atoms with E-state index in [0.29, 0.717) is 13.0 Å². The fraction of sp³-hybridized carbons (Fsp3) is 0.250. The van der Waals surface area contributed by atoms with Gasteiger partial charge in [0.2, 0.25) is 0 Å². The average Bonchev–Trinajstić information content (AvgIpc) is 2.09. The summed E-state index contributed by atoms with van der Waals surface area (Å²) >= 11 is 0. The van der Waals surface area contributed by atoms with E-state index in [1.807, 2.05) is 0 Å². The molecule has 1 rings (SSSR count). The number of nitrogens with zero attached hydrogens (tertiary/aromatic N) is 1. The Hall–Kier alpha value is -1.29. The van der Waals surface area contributed by atoms with Crippen LogP contribution < -0.4 is 5.73 Å². The summed E-state index contributed by atoms with van der Waals surface area (Å²) in [5.41, 5.74) is 5.96. The van der Waals surface area contributed by atoms with Gasteiger partial charge in [-0.3, -0.25) is 0 Å². The van der Waals surface area contributed by atoms with Crippen LogP contribution >= 0.6 is 0 Å². The summed E-state index contributed by atoms with van der Waals surface area (Å²) in [6.45, 7) is 0.476. The molecule has 12 heavy (non-hydrogen) atoms. The van der Waals surface area contributed by atoms with Crippen molar-refractivity contribution >= 4 is 5.69 Å². The molecule has 0 heterocycles.